The number of ether oxygens (including phenoxy) is 1. The van der Waals surface area contributed by atoms with Crippen LogP contribution in [0.15, 0.2) is 38.3 Å². The van der Waals surface area contributed by atoms with Crippen LogP contribution in [0.4, 0.5) is 0 Å². The van der Waals surface area contributed by atoms with Crippen molar-refractivity contribution >= 4 is 28.8 Å². The van der Waals surface area contributed by atoms with Crippen molar-refractivity contribution in [2.45, 2.75) is 12.3 Å². The Morgan fingerprint density at radius 2 is 1.86 bits per heavy atom. The SMILES string of the molecule is O=C1OC(=O)C2CC=Cc3c2c2c1cccc2c(=O)oc3=O. The topological polar surface area (TPSA) is 90.7 Å². The van der Waals surface area contributed by atoms with Gasteiger partial charge in [-0.3, -0.25) is 4.79 Å². The van der Waals surface area contributed by atoms with E-state index in [1.54, 1.807) is 6.08 Å². The Morgan fingerprint density at radius 3 is 2.68 bits per heavy atom. The predicted molar refractivity (Wildman–Crippen MR) is 75.6 cm³/mol. The molecule has 6 heteroatoms. The highest BCUT2D eigenvalue weighted by atomic mass is 16.6. The summed E-state index contributed by atoms with van der Waals surface area (Å²) in [6, 6.07) is 4.40. The lowest BCUT2D eigenvalue weighted by molar-refractivity contribution is -0.139. The Morgan fingerprint density at radius 1 is 1.05 bits per heavy atom. The van der Waals surface area contributed by atoms with Crippen LogP contribution in [0.3, 0.4) is 0 Å². The summed E-state index contributed by atoms with van der Waals surface area (Å²) in [5.74, 6) is -2.36. The molecule has 0 radical (unpaired) electrons. The van der Waals surface area contributed by atoms with Crippen LogP contribution in [0.1, 0.15) is 33.8 Å². The zero-order valence-corrected chi connectivity index (χ0v) is 11.1. The summed E-state index contributed by atoms with van der Waals surface area (Å²) in [6.07, 6.45) is 3.43. The molecule has 2 heterocycles. The minimum atomic E-state index is -0.842. The van der Waals surface area contributed by atoms with Gasteiger partial charge in [0, 0.05) is 5.39 Å². The molecule has 0 N–H and O–H groups in total. The first kappa shape index (κ1) is 12.7. The molecule has 0 saturated heterocycles. The highest BCUT2D eigenvalue weighted by Gasteiger charge is 2.35. The van der Waals surface area contributed by atoms with Gasteiger partial charge in [0.2, 0.25) is 0 Å². The van der Waals surface area contributed by atoms with Gasteiger partial charge < -0.3 is 9.15 Å². The van der Waals surface area contributed by atoms with E-state index < -0.39 is 29.1 Å². The number of hydrogen-bond donors (Lipinski definition) is 0. The molecule has 1 atom stereocenters. The van der Waals surface area contributed by atoms with Crippen LogP contribution in [0.25, 0.3) is 16.8 Å². The van der Waals surface area contributed by atoms with Crippen LogP contribution >= 0.6 is 0 Å². The molecule has 4 rings (SSSR count). The fourth-order valence-corrected chi connectivity index (χ4v) is 3.01. The van der Waals surface area contributed by atoms with Crippen LogP contribution in [0.2, 0.25) is 0 Å². The van der Waals surface area contributed by atoms with Gasteiger partial charge in [-0.05, 0) is 24.1 Å². The molecule has 0 fully saturated rings. The Balaban J connectivity index is 2.39. The average Bonchev–Trinajstić information content (AvgIpc) is 2.69. The van der Waals surface area contributed by atoms with Gasteiger partial charge >= 0.3 is 23.2 Å². The van der Waals surface area contributed by atoms with E-state index >= 15 is 0 Å². The van der Waals surface area contributed by atoms with Crippen LogP contribution < -0.4 is 11.3 Å². The van der Waals surface area contributed by atoms with E-state index in [4.69, 9.17) is 9.15 Å². The number of allylic oxidation sites excluding steroid dienone is 1. The smallest absolute Gasteiger partial charge is 0.346 e. The Labute approximate surface area is 122 Å². The lowest BCUT2D eigenvalue weighted by Crippen LogP contribution is -2.20. The molecule has 0 amide bonds. The monoisotopic (exact) mass is 296 g/mol. The van der Waals surface area contributed by atoms with Crippen molar-refractivity contribution in [1.29, 1.82) is 0 Å². The highest BCUT2D eigenvalue weighted by Crippen LogP contribution is 2.37. The highest BCUT2D eigenvalue weighted by molar-refractivity contribution is 6.13. The van der Waals surface area contributed by atoms with Gasteiger partial charge in [-0.15, -0.1) is 0 Å². The number of benzene rings is 1. The first-order valence-electron chi connectivity index (χ1n) is 6.64. The van der Waals surface area contributed by atoms with E-state index in [-0.39, 0.29) is 21.9 Å². The van der Waals surface area contributed by atoms with Gasteiger partial charge in [-0.1, -0.05) is 18.2 Å². The second kappa shape index (κ2) is 4.24. The number of hydrogen-bond acceptors (Lipinski definition) is 6. The number of cyclic esters (lactones) is 2. The second-order valence-electron chi connectivity index (χ2n) is 5.13. The van der Waals surface area contributed by atoms with E-state index in [9.17, 15) is 19.2 Å². The Kier molecular flexibility index (Phi) is 2.45. The van der Waals surface area contributed by atoms with Gasteiger partial charge in [0.25, 0.3) is 0 Å². The van der Waals surface area contributed by atoms with Crippen LogP contribution in [-0.2, 0) is 9.53 Å². The van der Waals surface area contributed by atoms with Crippen molar-refractivity contribution in [1.82, 2.24) is 0 Å². The minimum Gasteiger partial charge on any atom is -0.389 e. The molecule has 1 aromatic carbocycles. The van der Waals surface area contributed by atoms with Gasteiger partial charge in [-0.25, -0.2) is 14.4 Å². The zero-order valence-electron chi connectivity index (χ0n) is 11.1. The van der Waals surface area contributed by atoms with Gasteiger partial charge in [-0.2, -0.15) is 0 Å². The lowest BCUT2D eigenvalue weighted by atomic mass is 9.85. The average molecular weight is 296 g/mol. The van der Waals surface area contributed by atoms with E-state index in [0.717, 1.165) is 0 Å². The number of esters is 2. The van der Waals surface area contributed by atoms with E-state index in [1.165, 1.54) is 24.3 Å². The molecule has 0 bridgehead atoms. The molecule has 6 nitrogen and oxygen atoms in total. The number of rotatable bonds is 0. The standard InChI is InChI=1S/C16H8O6/c17-13-7-3-1-4-8-11(7)12-9(15(19)21-13)5-2-6-10(12)16(20)22-14(8)18/h1-5,10H,6H2. The summed E-state index contributed by atoms with van der Waals surface area (Å²) in [5, 5.41) is 0.348. The third-order valence-electron chi connectivity index (χ3n) is 3.95. The third kappa shape index (κ3) is 1.54. The largest absolute Gasteiger partial charge is 0.389 e. The van der Waals surface area contributed by atoms with Crippen LogP contribution in [0, 0.1) is 0 Å². The fraction of sp³-hybridized carbons (Fsp3) is 0.125. The number of carbonyl (C=O) groups is 2. The fourth-order valence-electron chi connectivity index (χ4n) is 3.01. The van der Waals surface area contributed by atoms with Crippen molar-refractivity contribution in [2.75, 3.05) is 0 Å². The summed E-state index contributed by atoms with van der Waals surface area (Å²) < 4.78 is 9.64. The normalized spacial score (nSPS) is 19.0. The summed E-state index contributed by atoms with van der Waals surface area (Å²) in [6.45, 7) is 0. The van der Waals surface area contributed by atoms with Crippen molar-refractivity contribution in [3.63, 3.8) is 0 Å². The molecule has 2 aliphatic rings. The van der Waals surface area contributed by atoms with Crippen molar-refractivity contribution in [2.24, 2.45) is 0 Å². The predicted octanol–water partition coefficient (Wildman–Crippen LogP) is 1.35. The second-order valence-corrected chi connectivity index (χ2v) is 5.13. The molecule has 0 spiro atoms. The van der Waals surface area contributed by atoms with Gasteiger partial charge in [0.1, 0.15) is 0 Å². The maximum Gasteiger partial charge on any atom is 0.346 e. The number of carbonyl (C=O) groups excluding carboxylic acids is 2. The Bertz CT molecular complexity index is 1010. The molecular formula is C16H8O6. The molecule has 1 aliphatic carbocycles. The van der Waals surface area contributed by atoms with E-state index in [2.05, 4.69) is 0 Å². The quantitative estimate of drug-likeness (QED) is 0.538. The molecule has 108 valence electrons. The van der Waals surface area contributed by atoms with Gasteiger partial charge in [0.05, 0.1) is 22.4 Å². The molecule has 1 unspecified atom stereocenters. The summed E-state index contributed by atoms with van der Waals surface area (Å²) in [7, 11) is 0. The molecule has 2 aromatic rings. The van der Waals surface area contributed by atoms with Crippen molar-refractivity contribution < 1.29 is 18.7 Å². The first-order valence-corrected chi connectivity index (χ1v) is 6.64. The van der Waals surface area contributed by atoms with Gasteiger partial charge in [0.15, 0.2) is 0 Å². The van der Waals surface area contributed by atoms with Crippen molar-refractivity contribution in [3.05, 3.63) is 61.8 Å². The maximum atomic E-state index is 12.2. The van der Waals surface area contributed by atoms with Crippen LogP contribution in [0.5, 0.6) is 0 Å². The molecular weight excluding hydrogens is 288 g/mol. The van der Waals surface area contributed by atoms with Crippen molar-refractivity contribution in [3.8, 4) is 0 Å². The summed E-state index contributed by atoms with van der Waals surface area (Å²) >= 11 is 0. The molecule has 22 heavy (non-hydrogen) atoms. The molecule has 1 aromatic heterocycles. The maximum absolute atomic E-state index is 12.2. The minimum absolute atomic E-state index is 0.0859. The van der Waals surface area contributed by atoms with Crippen LogP contribution in [-0.4, -0.2) is 11.9 Å². The summed E-state index contributed by atoms with van der Waals surface area (Å²) in [4.78, 5) is 48.5. The molecule has 0 saturated carbocycles. The Hall–Kier alpha value is -3.02. The van der Waals surface area contributed by atoms with E-state index in [0.29, 0.717) is 12.0 Å². The molecule has 1 aliphatic heterocycles. The first-order chi connectivity index (χ1) is 10.6. The van der Waals surface area contributed by atoms with E-state index in [1.807, 2.05) is 0 Å². The lowest BCUT2D eigenvalue weighted by Gasteiger charge is -2.16. The zero-order chi connectivity index (χ0) is 15.4. The summed E-state index contributed by atoms with van der Waals surface area (Å²) in [5.41, 5.74) is -1.14. The third-order valence-corrected chi connectivity index (χ3v) is 3.95.